The molecule has 0 radical (unpaired) electrons. The van der Waals surface area contributed by atoms with Crippen LogP contribution in [0.25, 0.3) is 0 Å². The first kappa shape index (κ1) is 12.4. The van der Waals surface area contributed by atoms with Crippen LogP contribution in [0.15, 0.2) is 0 Å². The number of ether oxygens (including phenoxy) is 1. The molecule has 0 aromatic carbocycles. The van der Waals surface area contributed by atoms with Gasteiger partial charge in [0.1, 0.15) is 5.54 Å². The second kappa shape index (κ2) is 3.70. The van der Waals surface area contributed by atoms with Crippen molar-refractivity contribution in [3.05, 3.63) is 0 Å². The van der Waals surface area contributed by atoms with Gasteiger partial charge in [0.15, 0.2) is 0 Å². The Morgan fingerprint density at radius 3 is 2.72 bits per heavy atom. The van der Waals surface area contributed by atoms with Crippen LogP contribution in [0.4, 0.5) is 0 Å². The standard InChI is InChI=1S/C14H24N2O2/c1-8-7-10(8)16-12(17)14(15)9-5-4-6-18-11(9)13(14,2)3/h8-11H,4-7,15H2,1-3H3,(H,16,17). The quantitative estimate of drug-likeness (QED) is 0.772. The van der Waals surface area contributed by atoms with Crippen LogP contribution in [0.3, 0.4) is 0 Å². The van der Waals surface area contributed by atoms with Crippen molar-refractivity contribution in [3.63, 3.8) is 0 Å². The third-order valence-electron chi connectivity index (χ3n) is 5.49. The topological polar surface area (TPSA) is 64.4 Å². The van der Waals surface area contributed by atoms with Crippen LogP contribution in [-0.4, -0.2) is 30.2 Å². The van der Waals surface area contributed by atoms with Crippen molar-refractivity contribution >= 4 is 5.91 Å². The molecule has 0 bridgehead atoms. The molecule has 2 saturated carbocycles. The van der Waals surface area contributed by atoms with Gasteiger partial charge in [0.25, 0.3) is 0 Å². The Hall–Kier alpha value is -0.610. The highest BCUT2D eigenvalue weighted by Gasteiger charge is 2.70. The molecule has 1 saturated heterocycles. The maximum absolute atomic E-state index is 12.5. The van der Waals surface area contributed by atoms with E-state index < -0.39 is 5.54 Å². The minimum absolute atomic E-state index is 0.0357. The summed E-state index contributed by atoms with van der Waals surface area (Å²) in [6.07, 6.45) is 3.27. The van der Waals surface area contributed by atoms with E-state index in [1.54, 1.807) is 0 Å². The molecular formula is C14H24N2O2. The smallest absolute Gasteiger partial charge is 0.241 e. The number of rotatable bonds is 2. The largest absolute Gasteiger partial charge is 0.377 e. The first-order chi connectivity index (χ1) is 8.39. The first-order valence-electron chi connectivity index (χ1n) is 7.10. The average Bonchev–Trinajstić information content (AvgIpc) is 3.03. The van der Waals surface area contributed by atoms with Crippen molar-refractivity contribution in [2.24, 2.45) is 23.0 Å². The van der Waals surface area contributed by atoms with Crippen LogP contribution < -0.4 is 11.1 Å². The fourth-order valence-electron chi connectivity index (χ4n) is 3.85. The lowest BCUT2D eigenvalue weighted by molar-refractivity contribution is -0.225. The van der Waals surface area contributed by atoms with Crippen molar-refractivity contribution in [3.8, 4) is 0 Å². The van der Waals surface area contributed by atoms with Crippen LogP contribution in [0.2, 0.25) is 0 Å². The second-order valence-corrected chi connectivity index (χ2v) is 6.92. The van der Waals surface area contributed by atoms with Crippen molar-refractivity contribution in [1.82, 2.24) is 5.32 Å². The zero-order valence-electron chi connectivity index (χ0n) is 11.5. The van der Waals surface area contributed by atoms with Crippen LogP contribution >= 0.6 is 0 Å². The SMILES string of the molecule is CC1CC1NC(=O)C1(N)C2CCCOC2C1(C)C. The minimum atomic E-state index is -0.750. The van der Waals surface area contributed by atoms with Crippen molar-refractivity contribution < 1.29 is 9.53 Å². The summed E-state index contributed by atoms with van der Waals surface area (Å²) in [4.78, 5) is 12.5. The fourth-order valence-corrected chi connectivity index (χ4v) is 3.85. The van der Waals surface area contributed by atoms with Crippen molar-refractivity contribution in [1.29, 1.82) is 0 Å². The summed E-state index contributed by atoms with van der Waals surface area (Å²) in [7, 11) is 0. The van der Waals surface area contributed by atoms with Gasteiger partial charge < -0.3 is 15.8 Å². The van der Waals surface area contributed by atoms with E-state index in [0.29, 0.717) is 12.0 Å². The van der Waals surface area contributed by atoms with Crippen molar-refractivity contribution in [2.45, 2.75) is 57.7 Å². The number of nitrogens with one attached hydrogen (secondary N) is 1. The fraction of sp³-hybridized carbons (Fsp3) is 0.929. The number of hydrogen-bond donors (Lipinski definition) is 2. The Balaban J connectivity index is 1.77. The first-order valence-corrected chi connectivity index (χ1v) is 7.10. The maximum atomic E-state index is 12.5. The molecule has 4 heteroatoms. The molecule has 0 spiro atoms. The maximum Gasteiger partial charge on any atom is 0.241 e. The second-order valence-electron chi connectivity index (χ2n) is 6.92. The summed E-state index contributed by atoms with van der Waals surface area (Å²) in [5.74, 6) is 0.836. The highest BCUT2D eigenvalue weighted by Crippen LogP contribution is 2.57. The number of hydrogen-bond acceptors (Lipinski definition) is 3. The normalized spacial score (nSPS) is 48.9. The van der Waals surface area contributed by atoms with Gasteiger partial charge in [0, 0.05) is 24.0 Å². The summed E-state index contributed by atoms with van der Waals surface area (Å²) in [5, 5.41) is 3.12. The number of amides is 1. The lowest BCUT2D eigenvalue weighted by Crippen LogP contribution is -2.82. The predicted octanol–water partition coefficient (Wildman–Crippen LogP) is 1.04. The van der Waals surface area contributed by atoms with E-state index in [1.165, 1.54) is 0 Å². The molecule has 3 aliphatic rings. The lowest BCUT2D eigenvalue weighted by atomic mass is 9.46. The number of nitrogens with two attached hydrogens (primary N) is 1. The molecule has 102 valence electrons. The molecule has 0 aromatic heterocycles. The average molecular weight is 252 g/mol. The highest BCUT2D eigenvalue weighted by atomic mass is 16.5. The van der Waals surface area contributed by atoms with E-state index in [0.717, 1.165) is 25.9 Å². The predicted molar refractivity (Wildman–Crippen MR) is 68.9 cm³/mol. The monoisotopic (exact) mass is 252 g/mol. The molecule has 18 heavy (non-hydrogen) atoms. The van der Waals surface area contributed by atoms with Gasteiger partial charge in [-0.2, -0.15) is 0 Å². The molecule has 4 nitrogen and oxygen atoms in total. The van der Waals surface area contributed by atoms with E-state index in [-0.39, 0.29) is 23.3 Å². The van der Waals surface area contributed by atoms with Gasteiger partial charge in [-0.15, -0.1) is 0 Å². The molecule has 1 amide bonds. The molecule has 0 aromatic rings. The van der Waals surface area contributed by atoms with Gasteiger partial charge in [-0.25, -0.2) is 0 Å². The number of carbonyl (C=O) groups excluding carboxylic acids is 1. The third kappa shape index (κ3) is 1.42. The lowest BCUT2D eigenvalue weighted by Gasteiger charge is -2.65. The zero-order chi connectivity index (χ0) is 13.1. The molecule has 5 unspecified atom stereocenters. The number of fused-ring (bicyclic) bond motifs is 1. The third-order valence-corrected chi connectivity index (χ3v) is 5.49. The number of carbonyl (C=O) groups is 1. The molecular weight excluding hydrogens is 228 g/mol. The van der Waals surface area contributed by atoms with Gasteiger partial charge in [-0.1, -0.05) is 20.8 Å². The van der Waals surface area contributed by atoms with Gasteiger partial charge in [-0.05, 0) is 25.2 Å². The highest BCUT2D eigenvalue weighted by molar-refractivity contribution is 5.90. The minimum Gasteiger partial charge on any atom is -0.377 e. The Kier molecular flexibility index (Phi) is 2.55. The van der Waals surface area contributed by atoms with E-state index in [2.05, 4.69) is 26.1 Å². The van der Waals surface area contributed by atoms with E-state index in [9.17, 15) is 4.79 Å². The van der Waals surface area contributed by atoms with Gasteiger partial charge in [-0.3, -0.25) is 4.79 Å². The summed E-state index contributed by atoms with van der Waals surface area (Å²) < 4.78 is 5.82. The molecule has 1 heterocycles. The molecule has 3 rings (SSSR count). The summed E-state index contributed by atoms with van der Waals surface area (Å²) in [6.45, 7) is 7.10. The zero-order valence-corrected chi connectivity index (χ0v) is 11.5. The van der Waals surface area contributed by atoms with Gasteiger partial charge in [0.05, 0.1) is 6.10 Å². The summed E-state index contributed by atoms with van der Waals surface area (Å²) in [6, 6.07) is 0.345. The van der Waals surface area contributed by atoms with Crippen LogP contribution in [0.5, 0.6) is 0 Å². The molecule has 3 fully saturated rings. The van der Waals surface area contributed by atoms with Crippen LogP contribution in [0, 0.1) is 17.3 Å². The molecule has 5 atom stereocenters. The summed E-state index contributed by atoms with van der Waals surface area (Å²) in [5.41, 5.74) is 5.50. The molecule has 3 N–H and O–H groups in total. The van der Waals surface area contributed by atoms with Crippen LogP contribution in [0.1, 0.15) is 40.0 Å². The Morgan fingerprint density at radius 1 is 1.44 bits per heavy atom. The Labute approximate surface area is 109 Å². The van der Waals surface area contributed by atoms with Crippen LogP contribution in [-0.2, 0) is 9.53 Å². The van der Waals surface area contributed by atoms with E-state index in [1.807, 2.05) is 0 Å². The molecule has 1 aliphatic heterocycles. The molecule has 2 aliphatic carbocycles. The van der Waals surface area contributed by atoms with E-state index in [4.69, 9.17) is 10.5 Å². The van der Waals surface area contributed by atoms with Crippen molar-refractivity contribution in [2.75, 3.05) is 6.61 Å². The van der Waals surface area contributed by atoms with Gasteiger partial charge in [0.2, 0.25) is 5.91 Å². The Bertz CT molecular complexity index is 382. The Morgan fingerprint density at radius 2 is 2.11 bits per heavy atom. The summed E-state index contributed by atoms with van der Waals surface area (Å²) >= 11 is 0. The van der Waals surface area contributed by atoms with E-state index >= 15 is 0 Å². The van der Waals surface area contributed by atoms with Gasteiger partial charge >= 0.3 is 0 Å².